The average molecular weight is 300 g/mol. The number of hydrogen-bond donors (Lipinski definition) is 1. The molecule has 0 saturated carbocycles. The van der Waals surface area contributed by atoms with Crippen molar-refractivity contribution in [2.45, 2.75) is 43.7 Å². The van der Waals surface area contributed by atoms with Crippen molar-refractivity contribution in [2.75, 3.05) is 13.1 Å². The number of hydrogen-bond acceptors (Lipinski definition) is 2. The monoisotopic (exact) mass is 299 g/mol. The third-order valence-electron chi connectivity index (χ3n) is 4.56. The molecule has 2 fully saturated rings. The van der Waals surface area contributed by atoms with Gasteiger partial charge in [0.15, 0.2) is 0 Å². The van der Waals surface area contributed by atoms with Gasteiger partial charge in [-0.2, -0.15) is 0 Å². The highest BCUT2D eigenvalue weighted by Crippen LogP contribution is 2.38. The standard InChI is InChI=1S/C15H19Cl2NO/c16-12-5-4-11(9-13(12)17)10-15(19)6-8-18-7-2-1-3-14(15)18/h4-5,9,14,19H,1-3,6-8,10H2. The Morgan fingerprint density at radius 3 is 2.84 bits per heavy atom. The van der Waals surface area contributed by atoms with Crippen LogP contribution in [0.3, 0.4) is 0 Å². The van der Waals surface area contributed by atoms with E-state index in [1.165, 1.54) is 12.8 Å². The second-order valence-corrected chi connectivity index (χ2v) is 6.64. The fourth-order valence-electron chi connectivity index (χ4n) is 3.58. The van der Waals surface area contributed by atoms with Crippen LogP contribution in [-0.2, 0) is 6.42 Å². The van der Waals surface area contributed by atoms with Crippen LogP contribution in [0.15, 0.2) is 18.2 Å². The first kappa shape index (κ1) is 13.7. The lowest BCUT2D eigenvalue weighted by Crippen LogP contribution is -2.48. The van der Waals surface area contributed by atoms with Crippen molar-refractivity contribution < 1.29 is 5.11 Å². The Bertz CT molecular complexity index is 479. The SMILES string of the molecule is OC1(Cc2ccc(Cl)c(Cl)c2)CCN2CCCCC21. The van der Waals surface area contributed by atoms with Gasteiger partial charge in [-0.15, -0.1) is 0 Å². The topological polar surface area (TPSA) is 23.5 Å². The molecule has 0 aromatic heterocycles. The summed E-state index contributed by atoms with van der Waals surface area (Å²) in [5.41, 5.74) is 0.474. The first-order chi connectivity index (χ1) is 9.08. The maximum absolute atomic E-state index is 11.0. The van der Waals surface area contributed by atoms with Crippen LogP contribution >= 0.6 is 23.2 Å². The summed E-state index contributed by atoms with van der Waals surface area (Å²) in [5.74, 6) is 0. The Hall–Kier alpha value is -0.280. The first-order valence-corrected chi connectivity index (χ1v) is 7.74. The molecule has 0 bridgehead atoms. The Labute approximate surface area is 124 Å². The summed E-state index contributed by atoms with van der Waals surface area (Å²) >= 11 is 12.0. The Kier molecular flexibility index (Phi) is 3.78. The lowest BCUT2D eigenvalue weighted by Gasteiger charge is -2.37. The zero-order valence-corrected chi connectivity index (χ0v) is 12.4. The molecule has 104 valence electrons. The summed E-state index contributed by atoms with van der Waals surface area (Å²) in [4.78, 5) is 2.45. The quantitative estimate of drug-likeness (QED) is 0.903. The van der Waals surface area contributed by atoms with Gasteiger partial charge in [0.1, 0.15) is 0 Å². The van der Waals surface area contributed by atoms with E-state index in [0.717, 1.165) is 31.5 Å². The fourth-order valence-corrected chi connectivity index (χ4v) is 3.90. The average Bonchev–Trinajstić information content (AvgIpc) is 2.73. The lowest BCUT2D eigenvalue weighted by atomic mass is 9.84. The van der Waals surface area contributed by atoms with E-state index in [1.807, 2.05) is 18.2 Å². The predicted molar refractivity (Wildman–Crippen MR) is 78.9 cm³/mol. The van der Waals surface area contributed by atoms with E-state index in [9.17, 15) is 5.11 Å². The molecule has 4 heteroatoms. The Morgan fingerprint density at radius 1 is 1.21 bits per heavy atom. The molecule has 2 atom stereocenters. The second-order valence-electron chi connectivity index (χ2n) is 5.83. The van der Waals surface area contributed by atoms with Gasteiger partial charge < -0.3 is 5.11 Å². The highest BCUT2D eigenvalue weighted by molar-refractivity contribution is 6.42. The summed E-state index contributed by atoms with van der Waals surface area (Å²) in [6, 6.07) is 5.98. The molecule has 2 saturated heterocycles. The third-order valence-corrected chi connectivity index (χ3v) is 5.30. The highest BCUT2D eigenvalue weighted by Gasteiger charge is 2.46. The van der Waals surface area contributed by atoms with Gasteiger partial charge in [0.2, 0.25) is 0 Å². The van der Waals surface area contributed by atoms with Gasteiger partial charge in [-0.05, 0) is 43.5 Å². The van der Waals surface area contributed by atoms with Gasteiger partial charge in [0.05, 0.1) is 15.6 Å². The van der Waals surface area contributed by atoms with E-state index < -0.39 is 5.60 Å². The van der Waals surface area contributed by atoms with E-state index in [1.54, 1.807) is 0 Å². The summed E-state index contributed by atoms with van der Waals surface area (Å²) < 4.78 is 0. The molecule has 0 radical (unpaired) electrons. The van der Waals surface area contributed by atoms with Gasteiger partial charge >= 0.3 is 0 Å². The summed E-state index contributed by atoms with van der Waals surface area (Å²) in [7, 11) is 0. The third kappa shape index (κ3) is 2.64. The van der Waals surface area contributed by atoms with E-state index in [2.05, 4.69) is 4.90 Å². The molecule has 2 nitrogen and oxygen atoms in total. The Morgan fingerprint density at radius 2 is 2.05 bits per heavy atom. The van der Waals surface area contributed by atoms with Crippen LogP contribution in [0.2, 0.25) is 10.0 Å². The van der Waals surface area contributed by atoms with Crippen molar-refractivity contribution in [3.8, 4) is 0 Å². The normalized spacial score (nSPS) is 31.4. The van der Waals surface area contributed by atoms with Gasteiger partial charge in [-0.3, -0.25) is 4.90 Å². The minimum Gasteiger partial charge on any atom is -0.388 e. The van der Waals surface area contributed by atoms with Gasteiger partial charge in [-0.25, -0.2) is 0 Å². The summed E-state index contributed by atoms with van der Waals surface area (Å²) in [6.07, 6.45) is 5.13. The lowest BCUT2D eigenvalue weighted by molar-refractivity contribution is -0.00885. The molecule has 0 amide bonds. The van der Waals surface area contributed by atoms with Crippen LogP contribution in [-0.4, -0.2) is 34.7 Å². The molecule has 2 heterocycles. The first-order valence-electron chi connectivity index (χ1n) is 6.99. The van der Waals surface area contributed by atoms with Crippen molar-refractivity contribution in [1.29, 1.82) is 0 Å². The maximum Gasteiger partial charge on any atom is 0.0854 e. The van der Waals surface area contributed by atoms with Gasteiger partial charge in [-0.1, -0.05) is 35.7 Å². The molecule has 2 aliphatic heterocycles. The van der Waals surface area contributed by atoms with Crippen LogP contribution in [0.25, 0.3) is 0 Å². The van der Waals surface area contributed by atoms with Crippen molar-refractivity contribution in [3.63, 3.8) is 0 Å². The molecule has 2 aliphatic rings. The van der Waals surface area contributed by atoms with E-state index >= 15 is 0 Å². The summed E-state index contributed by atoms with van der Waals surface area (Å²) in [5, 5.41) is 12.1. The summed E-state index contributed by atoms with van der Waals surface area (Å²) in [6.45, 7) is 2.15. The van der Waals surface area contributed by atoms with Crippen LogP contribution in [0.5, 0.6) is 0 Å². The number of piperidine rings is 1. The number of nitrogens with zero attached hydrogens (tertiary/aromatic N) is 1. The van der Waals surface area contributed by atoms with Crippen LogP contribution < -0.4 is 0 Å². The molecule has 2 unspecified atom stereocenters. The highest BCUT2D eigenvalue weighted by atomic mass is 35.5. The minimum atomic E-state index is -0.600. The molecule has 1 N–H and O–H groups in total. The van der Waals surface area contributed by atoms with E-state index in [0.29, 0.717) is 22.5 Å². The largest absolute Gasteiger partial charge is 0.388 e. The van der Waals surface area contributed by atoms with Gasteiger partial charge in [0.25, 0.3) is 0 Å². The minimum absolute atomic E-state index is 0.315. The van der Waals surface area contributed by atoms with E-state index in [-0.39, 0.29) is 0 Å². The number of benzene rings is 1. The number of rotatable bonds is 2. The van der Waals surface area contributed by atoms with Crippen LogP contribution in [0.1, 0.15) is 31.2 Å². The van der Waals surface area contributed by atoms with Crippen LogP contribution in [0, 0.1) is 0 Å². The fraction of sp³-hybridized carbons (Fsp3) is 0.600. The second kappa shape index (κ2) is 5.25. The number of halogens is 2. The Balaban J connectivity index is 1.79. The molecular formula is C15H19Cl2NO. The number of fused-ring (bicyclic) bond motifs is 1. The molecule has 3 rings (SSSR count). The zero-order chi connectivity index (χ0) is 13.5. The maximum atomic E-state index is 11.0. The van der Waals surface area contributed by atoms with E-state index in [4.69, 9.17) is 23.2 Å². The van der Waals surface area contributed by atoms with Gasteiger partial charge in [0, 0.05) is 19.0 Å². The molecule has 0 aliphatic carbocycles. The molecule has 19 heavy (non-hydrogen) atoms. The number of aliphatic hydroxyl groups is 1. The molecule has 1 aromatic rings. The zero-order valence-electron chi connectivity index (χ0n) is 10.9. The van der Waals surface area contributed by atoms with Crippen LogP contribution in [0.4, 0.5) is 0 Å². The van der Waals surface area contributed by atoms with Crippen molar-refractivity contribution in [3.05, 3.63) is 33.8 Å². The van der Waals surface area contributed by atoms with Crippen molar-refractivity contribution >= 4 is 23.2 Å². The van der Waals surface area contributed by atoms with Crippen molar-refractivity contribution in [1.82, 2.24) is 4.90 Å². The molecular weight excluding hydrogens is 281 g/mol. The van der Waals surface area contributed by atoms with Crippen molar-refractivity contribution in [2.24, 2.45) is 0 Å². The molecule has 1 aromatic carbocycles. The smallest absolute Gasteiger partial charge is 0.0854 e. The predicted octanol–water partition coefficient (Wildman–Crippen LogP) is 3.53. The molecule has 0 spiro atoms.